The van der Waals surface area contributed by atoms with E-state index in [-0.39, 0.29) is 11.9 Å². The molecule has 0 radical (unpaired) electrons. The highest BCUT2D eigenvalue weighted by atomic mass is 16.5. The van der Waals surface area contributed by atoms with Crippen molar-refractivity contribution in [1.29, 1.82) is 0 Å². The third kappa shape index (κ3) is 20.1. The van der Waals surface area contributed by atoms with Crippen molar-refractivity contribution in [2.45, 2.75) is 202 Å². The van der Waals surface area contributed by atoms with Gasteiger partial charge in [-0.25, -0.2) is 0 Å². The Kier molecular flexibility index (Phi) is 25.6. The normalized spacial score (nSPS) is 22.7. The van der Waals surface area contributed by atoms with E-state index in [0.29, 0.717) is 38.7 Å². The molecule has 1 fully saturated rings. The molecule has 0 aliphatic heterocycles. The van der Waals surface area contributed by atoms with Gasteiger partial charge in [-0.3, -0.25) is 9.59 Å². The second kappa shape index (κ2) is 28.0. The third-order valence-electron chi connectivity index (χ3n) is 11.7. The van der Waals surface area contributed by atoms with Crippen molar-refractivity contribution in [3.05, 3.63) is 70.4 Å². The van der Waals surface area contributed by atoms with Crippen molar-refractivity contribution >= 4 is 12.3 Å². The number of ether oxygens (including phenoxy) is 1. The van der Waals surface area contributed by atoms with E-state index in [2.05, 4.69) is 77.2 Å². The van der Waals surface area contributed by atoms with Crippen molar-refractivity contribution in [2.75, 3.05) is 6.61 Å². The summed E-state index contributed by atoms with van der Waals surface area (Å²) in [7, 11) is 0. The summed E-state index contributed by atoms with van der Waals surface area (Å²) in [6.07, 6.45) is 36.0. The monoisotopic (exact) mass is 737 g/mol. The minimum absolute atomic E-state index is 0.00188. The predicted octanol–water partition coefficient (Wildman–Crippen LogP) is 13.0. The molecule has 0 heterocycles. The number of aliphatic hydroxyl groups excluding tert-OH is 1. The van der Waals surface area contributed by atoms with Crippen LogP contribution in [0.1, 0.15) is 190 Å². The SMILES string of the molecule is CCCCC/C=C\C/C=C\CCCCCCCC(=O)OCCC[C@@H]1/C(=C(\C)C=O)CC[C@](C)(O)[C@@]1(C)CC/C=C(\C)C(O)C/C=C(\C)CCC=C(C)C. The van der Waals surface area contributed by atoms with E-state index in [1.807, 2.05) is 20.8 Å². The van der Waals surface area contributed by atoms with Gasteiger partial charge in [0.15, 0.2) is 0 Å². The Labute approximate surface area is 326 Å². The first-order valence-corrected chi connectivity index (χ1v) is 21.3. The Bertz CT molecular complexity index is 1220. The van der Waals surface area contributed by atoms with Gasteiger partial charge in [0.25, 0.3) is 0 Å². The van der Waals surface area contributed by atoms with Gasteiger partial charge in [0, 0.05) is 11.8 Å². The van der Waals surface area contributed by atoms with Crippen molar-refractivity contribution in [1.82, 2.24) is 0 Å². The topological polar surface area (TPSA) is 83.8 Å². The molecule has 1 unspecified atom stereocenters. The van der Waals surface area contributed by atoms with Crippen LogP contribution in [0.5, 0.6) is 0 Å². The van der Waals surface area contributed by atoms with Gasteiger partial charge >= 0.3 is 5.97 Å². The number of carbonyl (C=O) groups is 2. The van der Waals surface area contributed by atoms with Crippen molar-refractivity contribution < 1.29 is 24.5 Å². The van der Waals surface area contributed by atoms with Gasteiger partial charge in [-0.1, -0.05) is 105 Å². The van der Waals surface area contributed by atoms with Crippen LogP contribution in [-0.2, 0) is 14.3 Å². The lowest BCUT2D eigenvalue weighted by Gasteiger charge is -2.53. The Morgan fingerprint density at radius 3 is 2.15 bits per heavy atom. The third-order valence-corrected chi connectivity index (χ3v) is 11.7. The van der Waals surface area contributed by atoms with Gasteiger partial charge in [0.2, 0.25) is 0 Å². The highest BCUT2D eigenvalue weighted by molar-refractivity contribution is 5.74. The Morgan fingerprint density at radius 1 is 0.830 bits per heavy atom. The van der Waals surface area contributed by atoms with Crippen LogP contribution >= 0.6 is 0 Å². The molecule has 5 nitrogen and oxygen atoms in total. The first-order valence-electron chi connectivity index (χ1n) is 21.3. The number of esters is 1. The quantitative estimate of drug-likeness (QED) is 0.0275. The van der Waals surface area contributed by atoms with Gasteiger partial charge in [-0.15, -0.1) is 0 Å². The molecular weight excluding hydrogens is 657 g/mol. The zero-order valence-corrected chi connectivity index (χ0v) is 35.4. The number of hydrogen-bond donors (Lipinski definition) is 2. The summed E-state index contributed by atoms with van der Waals surface area (Å²) in [4.78, 5) is 24.5. The van der Waals surface area contributed by atoms with E-state index in [0.717, 1.165) is 87.2 Å². The van der Waals surface area contributed by atoms with Gasteiger partial charge < -0.3 is 14.9 Å². The van der Waals surface area contributed by atoms with Crippen molar-refractivity contribution in [3.8, 4) is 0 Å². The maximum absolute atomic E-state index is 12.5. The summed E-state index contributed by atoms with van der Waals surface area (Å²) in [6, 6.07) is 0. The molecule has 0 spiro atoms. The van der Waals surface area contributed by atoms with Crippen molar-refractivity contribution in [2.24, 2.45) is 11.3 Å². The summed E-state index contributed by atoms with van der Waals surface area (Å²) >= 11 is 0. The minimum atomic E-state index is -0.909. The highest BCUT2D eigenvalue weighted by Gasteiger charge is 2.52. The second-order valence-electron chi connectivity index (χ2n) is 16.5. The van der Waals surface area contributed by atoms with Gasteiger partial charge in [-0.05, 0) is 155 Å². The Morgan fingerprint density at radius 2 is 1.49 bits per heavy atom. The number of unbranched alkanes of at least 4 members (excludes halogenated alkanes) is 8. The fraction of sp³-hybridized carbons (Fsp3) is 0.708. The first-order chi connectivity index (χ1) is 25.3. The standard InChI is InChI=1S/C48H80O5/c1-9-10-11-12-13-14-15-16-17-18-19-20-21-22-23-31-46(51)53-37-26-30-44-43(42(6)38-49)34-36-48(8,52)47(44,7)35-25-29-41(5)45(50)33-32-40(4)28-24-27-39(2)3/h13-14,16-17,27,29,32,38,44-45,50,52H,9-12,15,18-26,28,30-31,33-37H2,1-8H3/b14-13-,17-16-,40-32+,41-29+,43-42+/t44-,45?,47+,48+/m1/s1. The highest BCUT2D eigenvalue weighted by Crippen LogP contribution is 2.55. The number of hydrogen-bond acceptors (Lipinski definition) is 5. The van der Waals surface area contributed by atoms with Crippen LogP contribution in [0.4, 0.5) is 0 Å². The molecule has 4 atom stereocenters. The number of carbonyl (C=O) groups excluding carboxylic acids is 2. The van der Waals surface area contributed by atoms with Crippen molar-refractivity contribution in [3.63, 3.8) is 0 Å². The molecule has 5 heteroatoms. The molecule has 53 heavy (non-hydrogen) atoms. The molecule has 0 amide bonds. The zero-order valence-electron chi connectivity index (χ0n) is 35.4. The van der Waals surface area contributed by atoms with E-state index in [9.17, 15) is 19.8 Å². The maximum Gasteiger partial charge on any atom is 0.305 e. The summed E-state index contributed by atoms with van der Waals surface area (Å²) in [5, 5.41) is 22.7. The molecule has 1 saturated carbocycles. The number of aldehydes is 1. The summed E-state index contributed by atoms with van der Waals surface area (Å²) in [5.41, 5.74) is 4.07. The molecule has 0 aromatic heterocycles. The van der Waals surface area contributed by atoms with Gasteiger partial charge in [0.1, 0.15) is 6.29 Å². The minimum Gasteiger partial charge on any atom is -0.466 e. The average molecular weight is 737 g/mol. The molecule has 0 aromatic carbocycles. The second-order valence-corrected chi connectivity index (χ2v) is 16.5. The van der Waals surface area contributed by atoms with Gasteiger partial charge in [0.05, 0.1) is 18.3 Å². The van der Waals surface area contributed by atoms with E-state index in [1.165, 1.54) is 49.7 Å². The lowest BCUT2D eigenvalue weighted by atomic mass is 9.54. The summed E-state index contributed by atoms with van der Waals surface area (Å²) in [5.74, 6) is -0.131. The summed E-state index contributed by atoms with van der Waals surface area (Å²) in [6.45, 7) is 16.9. The molecule has 1 aliphatic rings. The lowest BCUT2D eigenvalue weighted by Crippen LogP contribution is -2.52. The summed E-state index contributed by atoms with van der Waals surface area (Å²) < 4.78 is 5.66. The fourth-order valence-electron chi connectivity index (χ4n) is 7.63. The number of rotatable bonds is 28. The maximum atomic E-state index is 12.5. The number of aliphatic hydroxyl groups is 2. The van der Waals surface area contributed by atoms with Gasteiger partial charge in [-0.2, -0.15) is 0 Å². The molecule has 1 aliphatic carbocycles. The van der Waals surface area contributed by atoms with E-state index in [4.69, 9.17) is 4.74 Å². The van der Waals surface area contributed by atoms with Crippen LogP contribution in [-0.4, -0.2) is 40.8 Å². The molecule has 0 aromatic rings. The number of allylic oxidation sites excluding steroid dienone is 10. The first kappa shape index (κ1) is 48.5. The van der Waals surface area contributed by atoms with Crippen LogP contribution in [0.3, 0.4) is 0 Å². The Balaban J connectivity index is 2.58. The smallest absolute Gasteiger partial charge is 0.305 e. The fourth-order valence-corrected chi connectivity index (χ4v) is 7.63. The van der Waals surface area contributed by atoms with Crippen LogP contribution in [0.25, 0.3) is 0 Å². The average Bonchev–Trinajstić information content (AvgIpc) is 3.11. The van der Waals surface area contributed by atoms with E-state index in [1.54, 1.807) is 0 Å². The molecular formula is C48H80O5. The molecule has 302 valence electrons. The van der Waals surface area contributed by atoms with Crippen LogP contribution < -0.4 is 0 Å². The molecule has 1 rings (SSSR count). The van der Waals surface area contributed by atoms with Crippen LogP contribution in [0.2, 0.25) is 0 Å². The predicted molar refractivity (Wildman–Crippen MR) is 226 cm³/mol. The van der Waals surface area contributed by atoms with Crippen LogP contribution in [0.15, 0.2) is 70.4 Å². The zero-order chi connectivity index (χ0) is 39.5. The largest absolute Gasteiger partial charge is 0.466 e. The molecule has 0 saturated heterocycles. The van der Waals surface area contributed by atoms with Crippen LogP contribution in [0, 0.1) is 11.3 Å². The molecule has 2 N–H and O–H groups in total. The Hall–Kier alpha value is -2.50. The molecule has 0 bridgehead atoms. The lowest BCUT2D eigenvalue weighted by molar-refractivity contribution is -0.144. The van der Waals surface area contributed by atoms with E-state index < -0.39 is 17.1 Å². The van der Waals surface area contributed by atoms with E-state index >= 15 is 0 Å².